The lowest BCUT2D eigenvalue weighted by atomic mass is 10.1. The van der Waals surface area contributed by atoms with Crippen LogP contribution in [0.4, 0.5) is 0 Å². The molecule has 0 radical (unpaired) electrons. The highest BCUT2D eigenvalue weighted by atomic mass is 16.5. The Labute approximate surface area is 92.5 Å². The van der Waals surface area contributed by atoms with Crippen LogP contribution in [0.15, 0.2) is 30.5 Å². The average molecular weight is 217 g/mol. The van der Waals surface area contributed by atoms with Gasteiger partial charge >= 0.3 is 5.97 Å². The molecule has 0 aliphatic rings. The van der Waals surface area contributed by atoms with E-state index in [9.17, 15) is 4.79 Å². The van der Waals surface area contributed by atoms with Gasteiger partial charge in [-0.05, 0) is 29.8 Å². The van der Waals surface area contributed by atoms with Gasteiger partial charge in [-0.3, -0.25) is 9.78 Å². The standard InChI is InChI=1S/C12H11NO3/c1-16-9-2-3-11-10(7-9)8(4-5-13-11)6-12(14)15/h2-5,7H,6H2,1H3,(H,14,15). The number of benzene rings is 1. The molecular formula is C12H11NO3. The van der Waals surface area contributed by atoms with Crippen molar-refractivity contribution in [2.45, 2.75) is 6.42 Å². The van der Waals surface area contributed by atoms with Crippen LogP contribution in [0.3, 0.4) is 0 Å². The van der Waals surface area contributed by atoms with Gasteiger partial charge in [0, 0.05) is 11.6 Å². The minimum absolute atomic E-state index is 0.00775. The summed E-state index contributed by atoms with van der Waals surface area (Å²) in [5.41, 5.74) is 1.52. The molecule has 1 heterocycles. The SMILES string of the molecule is COc1ccc2nccc(CC(=O)O)c2c1. The number of carboxylic acids is 1. The summed E-state index contributed by atoms with van der Waals surface area (Å²) < 4.78 is 5.11. The lowest BCUT2D eigenvalue weighted by Gasteiger charge is -2.05. The fourth-order valence-corrected chi connectivity index (χ4v) is 1.63. The fraction of sp³-hybridized carbons (Fsp3) is 0.167. The third kappa shape index (κ3) is 1.95. The van der Waals surface area contributed by atoms with Crippen molar-refractivity contribution in [2.24, 2.45) is 0 Å². The highest BCUT2D eigenvalue weighted by molar-refractivity contribution is 5.86. The molecule has 0 saturated heterocycles. The molecule has 1 aromatic carbocycles. The van der Waals surface area contributed by atoms with Crippen LogP contribution in [0.25, 0.3) is 10.9 Å². The van der Waals surface area contributed by atoms with E-state index >= 15 is 0 Å². The predicted octanol–water partition coefficient (Wildman–Crippen LogP) is 1.87. The summed E-state index contributed by atoms with van der Waals surface area (Å²) in [6.45, 7) is 0. The first-order chi connectivity index (χ1) is 7.70. The van der Waals surface area contributed by atoms with Gasteiger partial charge < -0.3 is 9.84 Å². The summed E-state index contributed by atoms with van der Waals surface area (Å²) in [7, 11) is 1.58. The number of fused-ring (bicyclic) bond motifs is 1. The van der Waals surface area contributed by atoms with Gasteiger partial charge in [-0.2, -0.15) is 0 Å². The van der Waals surface area contributed by atoms with Crippen molar-refractivity contribution in [1.29, 1.82) is 0 Å². The van der Waals surface area contributed by atoms with Crippen LogP contribution in [0, 0.1) is 0 Å². The number of carboxylic acid groups (broad SMARTS) is 1. The maximum Gasteiger partial charge on any atom is 0.307 e. The Kier molecular flexibility index (Phi) is 2.72. The zero-order valence-corrected chi connectivity index (χ0v) is 8.80. The lowest BCUT2D eigenvalue weighted by molar-refractivity contribution is -0.136. The van der Waals surface area contributed by atoms with Crippen molar-refractivity contribution in [1.82, 2.24) is 4.98 Å². The molecule has 0 amide bonds. The van der Waals surface area contributed by atoms with E-state index in [0.717, 1.165) is 16.5 Å². The Morgan fingerprint density at radius 2 is 2.25 bits per heavy atom. The molecule has 0 aliphatic heterocycles. The van der Waals surface area contributed by atoms with Crippen LogP contribution < -0.4 is 4.74 Å². The van der Waals surface area contributed by atoms with Crippen LogP contribution in [0.5, 0.6) is 5.75 Å². The largest absolute Gasteiger partial charge is 0.497 e. The van der Waals surface area contributed by atoms with E-state index in [1.54, 1.807) is 31.5 Å². The van der Waals surface area contributed by atoms with E-state index in [1.807, 2.05) is 6.07 Å². The van der Waals surface area contributed by atoms with Gasteiger partial charge in [0.05, 0.1) is 19.0 Å². The van der Waals surface area contributed by atoms with E-state index in [0.29, 0.717) is 5.75 Å². The monoisotopic (exact) mass is 217 g/mol. The molecule has 1 N–H and O–H groups in total. The van der Waals surface area contributed by atoms with Gasteiger partial charge in [-0.15, -0.1) is 0 Å². The first-order valence-electron chi connectivity index (χ1n) is 4.84. The molecule has 0 saturated carbocycles. The van der Waals surface area contributed by atoms with Crippen LogP contribution in [0.2, 0.25) is 0 Å². The van der Waals surface area contributed by atoms with Crippen molar-refractivity contribution >= 4 is 16.9 Å². The number of rotatable bonds is 3. The minimum atomic E-state index is -0.852. The van der Waals surface area contributed by atoms with Crippen molar-refractivity contribution in [3.63, 3.8) is 0 Å². The first-order valence-corrected chi connectivity index (χ1v) is 4.84. The Bertz CT molecular complexity index is 537. The zero-order valence-electron chi connectivity index (χ0n) is 8.80. The van der Waals surface area contributed by atoms with Crippen LogP contribution in [0.1, 0.15) is 5.56 Å². The second-order valence-electron chi connectivity index (χ2n) is 3.42. The smallest absolute Gasteiger partial charge is 0.307 e. The van der Waals surface area contributed by atoms with Gasteiger partial charge in [0.2, 0.25) is 0 Å². The summed E-state index contributed by atoms with van der Waals surface area (Å²) in [6.07, 6.45) is 1.61. The van der Waals surface area contributed by atoms with Crippen LogP contribution >= 0.6 is 0 Å². The lowest BCUT2D eigenvalue weighted by Crippen LogP contribution is -2.01. The van der Waals surface area contributed by atoms with Gasteiger partial charge in [0.25, 0.3) is 0 Å². The van der Waals surface area contributed by atoms with Gasteiger partial charge in [0.1, 0.15) is 5.75 Å². The fourth-order valence-electron chi connectivity index (χ4n) is 1.63. The van der Waals surface area contributed by atoms with E-state index in [2.05, 4.69) is 4.98 Å². The van der Waals surface area contributed by atoms with Crippen molar-refractivity contribution in [3.05, 3.63) is 36.0 Å². The third-order valence-corrected chi connectivity index (χ3v) is 2.38. The quantitative estimate of drug-likeness (QED) is 0.852. The number of nitrogens with zero attached hydrogens (tertiary/aromatic N) is 1. The first kappa shape index (κ1) is 10.4. The number of hydrogen-bond donors (Lipinski definition) is 1. The molecule has 82 valence electrons. The topological polar surface area (TPSA) is 59.4 Å². The van der Waals surface area contributed by atoms with Gasteiger partial charge in [-0.1, -0.05) is 0 Å². The summed E-state index contributed by atoms with van der Waals surface area (Å²) in [5, 5.41) is 9.62. The number of methoxy groups -OCH3 is 1. The van der Waals surface area contributed by atoms with E-state index < -0.39 is 5.97 Å². The zero-order chi connectivity index (χ0) is 11.5. The number of carbonyl (C=O) groups is 1. The maximum absolute atomic E-state index is 10.7. The molecule has 0 spiro atoms. The molecule has 0 aliphatic carbocycles. The molecular weight excluding hydrogens is 206 g/mol. The number of hydrogen-bond acceptors (Lipinski definition) is 3. The minimum Gasteiger partial charge on any atom is -0.497 e. The summed E-state index contributed by atoms with van der Waals surface area (Å²) in [4.78, 5) is 14.9. The van der Waals surface area contributed by atoms with Crippen LogP contribution in [-0.2, 0) is 11.2 Å². The molecule has 2 rings (SSSR count). The molecule has 16 heavy (non-hydrogen) atoms. The third-order valence-electron chi connectivity index (χ3n) is 2.38. The number of aliphatic carboxylic acids is 1. The molecule has 1 aromatic heterocycles. The van der Waals surface area contributed by atoms with Crippen molar-refractivity contribution in [2.75, 3.05) is 7.11 Å². The summed E-state index contributed by atoms with van der Waals surface area (Å²) in [6, 6.07) is 7.15. The molecule has 2 aromatic rings. The molecule has 0 unspecified atom stereocenters. The summed E-state index contributed by atoms with van der Waals surface area (Å²) in [5.74, 6) is -0.151. The average Bonchev–Trinajstić information content (AvgIpc) is 2.28. The highest BCUT2D eigenvalue weighted by Crippen LogP contribution is 2.22. The Hall–Kier alpha value is -2.10. The van der Waals surface area contributed by atoms with Gasteiger partial charge in [0.15, 0.2) is 0 Å². The molecule has 4 nitrogen and oxygen atoms in total. The molecule has 0 atom stereocenters. The predicted molar refractivity (Wildman–Crippen MR) is 59.6 cm³/mol. The second kappa shape index (κ2) is 4.18. The molecule has 4 heteroatoms. The second-order valence-corrected chi connectivity index (χ2v) is 3.42. The van der Waals surface area contributed by atoms with E-state index in [1.165, 1.54) is 0 Å². The Morgan fingerprint density at radius 1 is 1.44 bits per heavy atom. The van der Waals surface area contributed by atoms with Gasteiger partial charge in [-0.25, -0.2) is 0 Å². The maximum atomic E-state index is 10.7. The molecule has 0 bridgehead atoms. The summed E-state index contributed by atoms with van der Waals surface area (Å²) >= 11 is 0. The number of ether oxygens (including phenoxy) is 1. The van der Waals surface area contributed by atoms with Crippen molar-refractivity contribution in [3.8, 4) is 5.75 Å². The number of aromatic nitrogens is 1. The normalized spacial score (nSPS) is 10.3. The van der Waals surface area contributed by atoms with Crippen LogP contribution in [-0.4, -0.2) is 23.2 Å². The van der Waals surface area contributed by atoms with E-state index in [-0.39, 0.29) is 6.42 Å². The Morgan fingerprint density at radius 3 is 2.94 bits per heavy atom. The highest BCUT2D eigenvalue weighted by Gasteiger charge is 2.06. The molecule has 0 fully saturated rings. The number of pyridine rings is 1. The Balaban J connectivity index is 2.59. The van der Waals surface area contributed by atoms with Crippen molar-refractivity contribution < 1.29 is 14.6 Å². The van der Waals surface area contributed by atoms with E-state index in [4.69, 9.17) is 9.84 Å².